The van der Waals surface area contributed by atoms with Gasteiger partial charge in [-0.2, -0.15) is 0 Å². The normalized spacial score (nSPS) is 12.1. The Labute approximate surface area is 127 Å². The summed E-state index contributed by atoms with van der Waals surface area (Å²) in [5, 5.41) is 0.937. The Morgan fingerprint density at radius 3 is 2.47 bits per heavy atom. The van der Waals surface area contributed by atoms with Gasteiger partial charge in [-0.25, -0.2) is 4.79 Å². The largest absolute Gasteiger partial charge is 0.477 e. The van der Waals surface area contributed by atoms with Gasteiger partial charge in [0.1, 0.15) is 5.75 Å². The molecule has 1 rings (SSSR count). The number of unbranched alkanes of at least 4 members (excludes halogenated alkanes) is 1. The van der Waals surface area contributed by atoms with E-state index >= 15 is 0 Å². The van der Waals surface area contributed by atoms with Crippen molar-refractivity contribution in [3.63, 3.8) is 0 Å². The van der Waals surface area contributed by atoms with E-state index in [1.54, 1.807) is 6.92 Å². The van der Waals surface area contributed by atoms with Crippen LogP contribution in [0.1, 0.15) is 26.7 Å². The number of benzene rings is 1. The molecule has 0 saturated carbocycles. The van der Waals surface area contributed by atoms with E-state index in [4.69, 9.17) is 44.3 Å². The van der Waals surface area contributed by atoms with Crippen molar-refractivity contribution in [3.8, 4) is 5.75 Å². The van der Waals surface area contributed by atoms with Gasteiger partial charge < -0.3 is 9.47 Å². The molecule has 1 atom stereocenters. The van der Waals surface area contributed by atoms with Crippen LogP contribution in [0.4, 0.5) is 0 Å². The first kappa shape index (κ1) is 16.4. The van der Waals surface area contributed by atoms with Crippen LogP contribution in [-0.4, -0.2) is 18.7 Å². The Morgan fingerprint density at radius 1 is 1.21 bits per heavy atom. The zero-order valence-corrected chi connectivity index (χ0v) is 13.0. The highest BCUT2D eigenvalue weighted by molar-refractivity contribution is 6.43. The van der Waals surface area contributed by atoms with Crippen molar-refractivity contribution in [1.82, 2.24) is 0 Å². The van der Waals surface area contributed by atoms with Gasteiger partial charge in [-0.3, -0.25) is 0 Å². The molecular formula is C13H15Cl3O3. The second kappa shape index (κ2) is 7.83. The highest BCUT2D eigenvalue weighted by atomic mass is 35.5. The summed E-state index contributed by atoms with van der Waals surface area (Å²) in [4.78, 5) is 11.6. The molecule has 0 aliphatic carbocycles. The highest BCUT2D eigenvalue weighted by Gasteiger charge is 2.18. The van der Waals surface area contributed by atoms with Crippen molar-refractivity contribution >= 4 is 40.8 Å². The molecule has 0 saturated heterocycles. The number of esters is 1. The monoisotopic (exact) mass is 324 g/mol. The summed E-state index contributed by atoms with van der Waals surface area (Å²) in [5.41, 5.74) is 0. The zero-order valence-electron chi connectivity index (χ0n) is 10.7. The van der Waals surface area contributed by atoms with Crippen molar-refractivity contribution in [2.45, 2.75) is 32.8 Å². The summed E-state index contributed by atoms with van der Waals surface area (Å²) in [6.07, 6.45) is 1.03. The maximum absolute atomic E-state index is 11.6. The van der Waals surface area contributed by atoms with Crippen LogP contribution in [0.25, 0.3) is 0 Å². The molecule has 1 aromatic rings. The molecule has 19 heavy (non-hydrogen) atoms. The summed E-state index contributed by atoms with van der Waals surface area (Å²) in [5.74, 6) is -0.133. The Hall–Kier alpha value is -0.640. The third-order valence-corrected chi connectivity index (χ3v) is 3.37. The van der Waals surface area contributed by atoms with Gasteiger partial charge in [0.2, 0.25) is 0 Å². The second-order valence-electron chi connectivity index (χ2n) is 3.98. The molecule has 6 heteroatoms. The molecule has 0 amide bonds. The van der Waals surface area contributed by atoms with Gasteiger partial charge in [0.25, 0.3) is 0 Å². The molecule has 0 spiro atoms. The lowest BCUT2D eigenvalue weighted by Gasteiger charge is -2.15. The van der Waals surface area contributed by atoms with Gasteiger partial charge in [0.15, 0.2) is 6.10 Å². The van der Waals surface area contributed by atoms with Crippen molar-refractivity contribution in [2.24, 2.45) is 0 Å². The molecule has 106 valence electrons. The fraction of sp³-hybridized carbons (Fsp3) is 0.462. The van der Waals surface area contributed by atoms with E-state index in [0.717, 1.165) is 12.8 Å². The molecule has 0 bridgehead atoms. The third kappa shape index (κ3) is 5.09. The minimum atomic E-state index is -0.758. The lowest BCUT2D eigenvalue weighted by Crippen LogP contribution is -2.26. The maximum atomic E-state index is 11.6. The summed E-state index contributed by atoms with van der Waals surface area (Å²) in [7, 11) is 0. The van der Waals surface area contributed by atoms with Crippen LogP contribution >= 0.6 is 34.8 Å². The highest BCUT2D eigenvalue weighted by Crippen LogP contribution is 2.34. The van der Waals surface area contributed by atoms with Gasteiger partial charge in [0, 0.05) is 6.07 Å². The smallest absolute Gasteiger partial charge is 0.347 e. The topological polar surface area (TPSA) is 35.5 Å². The van der Waals surface area contributed by atoms with E-state index in [-0.39, 0.29) is 0 Å². The van der Waals surface area contributed by atoms with Crippen LogP contribution in [0.3, 0.4) is 0 Å². The number of halogens is 3. The quantitative estimate of drug-likeness (QED) is 0.430. The van der Waals surface area contributed by atoms with Crippen LogP contribution in [0.2, 0.25) is 15.1 Å². The Balaban J connectivity index is 2.63. The molecule has 0 heterocycles. The molecule has 0 fully saturated rings. The number of carbonyl (C=O) groups excluding carboxylic acids is 1. The molecule has 3 nitrogen and oxygen atoms in total. The first-order chi connectivity index (χ1) is 8.95. The predicted octanol–water partition coefficient (Wildman–Crippen LogP) is 4.76. The molecule has 1 unspecified atom stereocenters. The van der Waals surface area contributed by atoms with E-state index in [2.05, 4.69) is 0 Å². The fourth-order valence-electron chi connectivity index (χ4n) is 1.27. The third-order valence-electron chi connectivity index (χ3n) is 2.35. The molecular weight excluding hydrogens is 310 g/mol. The van der Waals surface area contributed by atoms with Crippen LogP contribution in [0, 0.1) is 0 Å². The first-order valence-corrected chi connectivity index (χ1v) is 7.07. The summed E-state index contributed by atoms with van der Waals surface area (Å²) in [6, 6.07) is 2.94. The van der Waals surface area contributed by atoms with Crippen molar-refractivity contribution in [1.29, 1.82) is 0 Å². The lowest BCUT2D eigenvalue weighted by atomic mass is 10.3. The molecule has 0 radical (unpaired) electrons. The van der Waals surface area contributed by atoms with Gasteiger partial charge >= 0.3 is 5.97 Å². The maximum Gasteiger partial charge on any atom is 0.347 e. The first-order valence-electron chi connectivity index (χ1n) is 5.93. The molecule has 0 aliphatic rings. The minimum absolute atomic E-state index is 0.294. The van der Waals surface area contributed by atoms with E-state index in [9.17, 15) is 4.79 Å². The number of hydrogen-bond acceptors (Lipinski definition) is 3. The SMILES string of the molecule is CCCCOC(=O)C(C)Oc1cc(Cl)c(Cl)cc1Cl. The number of carbonyl (C=O) groups is 1. The number of hydrogen-bond donors (Lipinski definition) is 0. The average molecular weight is 326 g/mol. The van der Waals surface area contributed by atoms with Crippen LogP contribution in [0.15, 0.2) is 12.1 Å². The Kier molecular flexibility index (Phi) is 6.76. The zero-order chi connectivity index (χ0) is 14.4. The summed E-state index contributed by atoms with van der Waals surface area (Å²) >= 11 is 17.6. The summed E-state index contributed by atoms with van der Waals surface area (Å²) < 4.78 is 10.5. The van der Waals surface area contributed by atoms with Crippen molar-refractivity contribution < 1.29 is 14.3 Å². The van der Waals surface area contributed by atoms with Crippen LogP contribution < -0.4 is 4.74 Å². The number of rotatable bonds is 6. The fourth-order valence-corrected chi connectivity index (χ4v) is 1.85. The number of ether oxygens (including phenoxy) is 2. The van der Waals surface area contributed by atoms with E-state index < -0.39 is 12.1 Å². The Morgan fingerprint density at radius 2 is 1.84 bits per heavy atom. The van der Waals surface area contributed by atoms with Crippen molar-refractivity contribution in [3.05, 3.63) is 27.2 Å². The van der Waals surface area contributed by atoms with Gasteiger partial charge in [-0.1, -0.05) is 48.1 Å². The predicted molar refractivity (Wildman–Crippen MR) is 77.4 cm³/mol. The molecule has 0 aromatic heterocycles. The lowest BCUT2D eigenvalue weighted by molar-refractivity contribution is -0.151. The van der Waals surface area contributed by atoms with Gasteiger partial charge in [0.05, 0.1) is 21.7 Å². The molecule has 0 N–H and O–H groups in total. The van der Waals surface area contributed by atoms with Crippen LogP contribution in [-0.2, 0) is 9.53 Å². The van der Waals surface area contributed by atoms with Gasteiger partial charge in [-0.15, -0.1) is 0 Å². The standard InChI is InChI=1S/C13H15Cl3O3/c1-3-4-5-18-13(17)8(2)19-12-7-10(15)9(14)6-11(12)16/h6-8H,3-5H2,1-2H3. The minimum Gasteiger partial charge on any atom is -0.477 e. The Bertz CT molecular complexity index is 449. The van der Waals surface area contributed by atoms with Crippen molar-refractivity contribution in [2.75, 3.05) is 6.61 Å². The van der Waals surface area contributed by atoms with E-state index in [1.807, 2.05) is 6.92 Å². The average Bonchev–Trinajstić information content (AvgIpc) is 2.36. The molecule has 1 aromatic carbocycles. The second-order valence-corrected chi connectivity index (χ2v) is 5.20. The van der Waals surface area contributed by atoms with Crippen LogP contribution in [0.5, 0.6) is 5.75 Å². The van der Waals surface area contributed by atoms with Gasteiger partial charge in [-0.05, 0) is 19.4 Å². The molecule has 0 aliphatic heterocycles. The van der Waals surface area contributed by atoms with E-state index in [0.29, 0.717) is 27.4 Å². The summed E-state index contributed by atoms with van der Waals surface area (Å²) in [6.45, 7) is 3.99. The van der Waals surface area contributed by atoms with E-state index in [1.165, 1.54) is 12.1 Å².